The third-order valence-corrected chi connectivity index (χ3v) is 9.92. The molecule has 0 spiro atoms. The van der Waals surface area contributed by atoms with E-state index in [-0.39, 0.29) is 34.1 Å². The van der Waals surface area contributed by atoms with Crippen LogP contribution >= 0.6 is 11.3 Å². The Labute approximate surface area is 252 Å². The topological polar surface area (TPSA) is 110 Å². The summed E-state index contributed by atoms with van der Waals surface area (Å²) in [6.45, 7) is 5.47. The number of thiophene rings is 1. The van der Waals surface area contributed by atoms with E-state index >= 15 is 4.39 Å². The minimum absolute atomic E-state index is 0.123. The molecule has 0 radical (unpaired) electrons. The third-order valence-electron chi connectivity index (χ3n) is 8.79. The largest absolute Gasteiger partial charge is 0.477 e. The van der Waals surface area contributed by atoms with Crippen molar-refractivity contribution in [3.8, 4) is 11.8 Å². The van der Waals surface area contributed by atoms with Crippen molar-refractivity contribution in [3.05, 3.63) is 81.7 Å². The van der Waals surface area contributed by atoms with Crippen LogP contribution in [0.25, 0.3) is 10.3 Å². The molecule has 11 heteroatoms. The fraction of sp³-hybridized carbons (Fsp3) is 0.406. The second-order valence-corrected chi connectivity index (χ2v) is 12.6. The van der Waals surface area contributed by atoms with Crippen molar-refractivity contribution in [2.24, 2.45) is 5.92 Å². The highest BCUT2D eigenvalue weighted by Crippen LogP contribution is 2.48. The van der Waals surface area contributed by atoms with Crippen molar-refractivity contribution in [1.29, 1.82) is 5.26 Å². The first-order valence-corrected chi connectivity index (χ1v) is 15.3. The molecule has 7 rings (SSSR count). The Balaban J connectivity index is 1.10. The molecule has 0 aliphatic carbocycles. The van der Waals surface area contributed by atoms with E-state index in [2.05, 4.69) is 9.47 Å². The number of para-hydroxylation sites is 1. The van der Waals surface area contributed by atoms with Crippen LogP contribution < -0.4 is 4.74 Å². The van der Waals surface area contributed by atoms with Gasteiger partial charge in [-0.1, -0.05) is 18.2 Å². The summed E-state index contributed by atoms with van der Waals surface area (Å²) in [5.74, 6) is -1.03. The lowest BCUT2D eigenvalue weighted by Gasteiger charge is -2.44. The summed E-state index contributed by atoms with van der Waals surface area (Å²) in [6, 6.07) is 15.8. The molecule has 43 heavy (non-hydrogen) atoms. The van der Waals surface area contributed by atoms with Gasteiger partial charge in [0, 0.05) is 19.1 Å². The highest BCUT2D eigenvalue weighted by atomic mass is 32.1. The van der Waals surface area contributed by atoms with E-state index in [4.69, 9.17) is 19.2 Å². The summed E-state index contributed by atoms with van der Waals surface area (Å²) in [4.78, 5) is 20.0. The average Bonchev–Trinajstić information content (AvgIpc) is 3.53. The number of nitrogens with zero attached hydrogens (tertiary/aromatic N) is 4. The Hall–Kier alpha value is -3.82. The maximum atomic E-state index is 15.2. The minimum Gasteiger partial charge on any atom is -0.477 e. The van der Waals surface area contributed by atoms with E-state index in [0.29, 0.717) is 24.4 Å². The van der Waals surface area contributed by atoms with Gasteiger partial charge in [0.2, 0.25) is 5.79 Å². The molecule has 0 bridgehead atoms. The second kappa shape index (κ2) is 11.0. The number of halogens is 1. The maximum absolute atomic E-state index is 15.2. The second-order valence-electron chi connectivity index (χ2n) is 11.6. The number of aromatic carboxylic acids is 1. The summed E-state index contributed by atoms with van der Waals surface area (Å²) in [5, 5.41) is 18.7. The van der Waals surface area contributed by atoms with Crippen LogP contribution in [0.5, 0.6) is 5.75 Å². The maximum Gasteiger partial charge on any atom is 0.346 e. The van der Waals surface area contributed by atoms with Gasteiger partial charge in [-0.2, -0.15) is 5.26 Å². The molecule has 3 aliphatic rings. The summed E-state index contributed by atoms with van der Waals surface area (Å²) >= 11 is 1.26. The zero-order chi connectivity index (χ0) is 29.7. The number of ether oxygens (including phenoxy) is 3. The number of piperidine rings is 1. The molecule has 9 nitrogen and oxygen atoms in total. The Kier molecular flexibility index (Phi) is 7.18. The van der Waals surface area contributed by atoms with Crippen molar-refractivity contribution in [2.75, 3.05) is 19.7 Å². The van der Waals surface area contributed by atoms with E-state index in [1.807, 2.05) is 30.3 Å². The van der Waals surface area contributed by atoms with Crippen molar-refractivity contribution < 1.29 is 28.5 Å². The van der Waals surface area contributed by atoms with Crippen LogP contribution in [0.1, 0.15) is 64.5 Å². The highest BCUT2D eigenvalue weighted by molar-refractivity contribution is 7.20. The number of hydrogen-bond donors (Lipinski definition) is 1. The van der Waals surface area contributed by atoms with Crippen LogP contribution in [0, 0.1) is 23.1 Å². The molecule has 3 atom stereocenters. The average molecular weight is 603 g/mol. The minimum atomic E-state index is -1.34. The van der Waals surface area contributed by atoms with Crippen molar-refractivity contribution in [2.45, 2.75) is 57.3 Å². The molecule has 222 valence electrons. The zero-order valence-electron chi connectivity index (χ0n) is 23.7. The number of likely N-dealkylation sites (tertiary alicyclic amines) is 1. The SMILES string of the molecule is C[C@@]1(c2ccc(C#N)cc2F)Oc2ccccc2C(C2CCN(Cc3nc4cc(C(=O)O)sc4n3C[C@@H]3CCO3)CC2)O1. The Bertz CT molecular complexity index is 1740. The number of nitriles is 1. The highest BCUT2D eigenvalue weighted by Gasteiger charge is 2.44. The molecular weight excluding hydrogens is 571 g/mol. The number of rotatable bonds is 7. The van der Waals surface area contributed by atoms with E-state index < -0.39 is 17.6 Å². The lowest BCUT2D eigenvalue weighted by Crippen LogP contribution is -2.43. The summed E-state index contributed by atoms with van der Waals surface area (Å²) < 4.78 is 35.9. The monoisotopic (exact) mass is 602 g/mol. The number of imidazole rings is 1. The van der Waals surface area contributed by atoms with Crippen LogP contribution in [0.3, 0.4) is 0 Å². The van der Waals surface area contributed by atoms with Crippen molar-refractivity contribution >= 4 is 27.7 Å². The third kappa shape index (κ3) is 5.18. The predicted octanol–water partition coefficient (Wildman–Crippen LogP) is 5.83. The molecule has 2 saturated heterocycles. The zero-order valence-corrected chi connectivity index (χ0v) is 24.5. The number of hydrogen-bond acceptors (Lipinski definition) is 8. The van der Waals surface area contributed by atoms with Gasteiger partial charge in [0.15, 0.2) is 0 Å². The van der Waals surface area contributed by atoms with Gasteiger partial charge < -0.3 is 23.9 Å². The first-order valence-electron chi connectivity index (χ1n) is 14.5. The van der Waals surface area contributed by atoms with Crippen molar-refractivity contribution in [3.63, 3.8) is 0 Å². The van der Waals surface area contributed by atoms with E-state index in [1.54, 1.807) is 25.1 Å². The van der Waals surface area contributed by atoms with Gasteiger partial charge in [0.05, 0.1) is 42.5 Å². The fourth-order valence-electron chi connectivity index (χ4n) is 6.39. The molecule has 0 saturated carbocycles. The smallest absolute Gasteiger partial charge is 0.346 e. The molecule has 5 heterocycles. The Morgan fingerprint density at radius 1 is 1.21 bits per heavy atom. The number of benzene rings is 2. The quantitative estimate of drug-likeness (QED) is 0.281. The van der Waals surface area contributed by atoms with Crippen LogP contribution in [-0.4, -0.2) is 51.3 Å². The molecule has 3 aliphatic heterocycles. The predicted molar refractivity (Wildman–Crippen MR) is 156 cm³/mol. The lowest BCUT2D eigenvalue weighted by atomic mass is 9.85. The Morgan fingerprint density at radius 3 is 2.70 bits per heavy atom. The summed E-state index contributed by atoms with van der Waals surface area (Å²) in [7, 11) is 0. The van der Waals surface area contributed by atoms with Gasteiger partial charge in [0.1, 0.15) is 32.6 Å². The lowest BCUT2D eigenvalue weighted by molar-refractivity contribution is -0.243. The fourth-order valence-corrected chi connectivity index (χ4v) is 7.36. The van der Waals surface area contributed by atoms with Gasteiger partial charge in [-0.3, -0.25) is 4.90 Å². The van der Waals surface area contributed by atoms with Crippen LogP contribution in [0.4, 0.5) is 4.39 Å². The number of aromatic nitrogens is 2. The number of carbonyl (C=O) groups is 1. The van der Waals surface area contributed by atoms with Crippen LogP contribution in [0.2, 0.25) is 0 Å². The standard InChI is InChI=1S/C32H31FN4O5S/c1-32(23-7-6-19(16-34)14-24(23)33)41-26-5-3-2-4-22(26)29(42-32)20-8-11-36(12-9-20)18-28-35-25-15-27(31(38)39)43-30(25)37(28)17-21-10-13-40-21/h2-7,14-15,20-21,29H,8-13,17-18H2,1H3,(H,38,39)/t21-,29?,32+/m0/s1. The van der Waals surface area contributed by atoms with Crippen LogP contribution in [0.15, 0.2) is 48.5 Å². The molecule has 1 unspecified atom stereocenters. The molecular formula is C32H31FN4O5S. The first kappa shape index (κ1) is 28.0. The molecule has 2 aromatic heterocycles. The van der Waals surface area contributed by atoms with Gasteiger partial charge in [0.25, 0.3) is 0 Å². The van der Waals surface area contributed by atoms with Gasteiger partial charge in [-0.25, -0.2) is 14.2 Å². The number of carboxylic acids is 1. The van der Waals surface area contributed by atoms with E-state index in [0.717, 1.165) is 55.2 Å². The molecule has 1 N–H and O–H groups in total. The van der Waals surface area contributed by atoms with E-state index in [1.165, 1.54) is 17.4 Å². The van der Waals surface area contributed by atoms with E-state index in [9.17, 15) is 15.2 Å². The van der Waals surface area contributed by atoms with Gasteiger partial charge in [-0.05, 0) is 68.6 Å². The van der Waals surface area contributed by atoms with Crippen molar-refractivity contribution in [1.82, 2.24) is 14.5 Å². The first-order chi connectivity index (χ1) is 20.8. The summed E-state index contributed by atoms with van der Waals surface area (Å²) in [5.41, 5.74) is 2.18. The Morgan fingerprint density at radius 2 is 2.00 bits per heavy atom. The molecule has 2 aromatic carbocycles. The summed E-state index contributed by atoms with van der Waals surface area (Å²) in [6.07, 6.45) is 2.56. The number of fused-ring (bicyclic) bond motifs is 2. The molecule has 4 aromatic rings. The van der Waals surface area contributed by atoms with Crippen LogP contribution in [-0.2, 0) is 28.4 Å². The van der Waals surface area contributed by atoms with Gasteiger partial charge in [-0.15, -0.1) is 11.3 Å². The van der Waals surface area contributed by atoms with Gasteiger partial charge >= 0.3 is 5.97 Å². The normalized spacial score (nSPS) is 24.2. The molecule has 0 amide bonds. The molecule has 2 fully saturated rings. The number of carboxylic acid groups (broad SMARTS) is 1.